The number of hydrogen-bond donors (Lipinski definition) is 4. The lowest BCUT2D eigenvalue weighted by atomic mass is 10.1. The standard InChI is InChI=1S/C23H22F2N4O7S/c1-35-13-9-15(24)14(16(25)10-13)12-28-18-5-3-4-6-20(18)37(33,34)29(23(28)32)21-8-7-19(36-2)17(27-21)11-26-22(30)31/h3-10,26,33-34H,11-12H2,1-2H3,(H,30,31). The van der Waals surface area contributed by atoms with Gasteiger partial charge in [0.15, 0.2) is 5.82 Å². The predicted octanol–water partition coefficient (Wildman–Crippen LogP) is 4.82. The van der Waals surface area contributed by atoms with Gasteiger partial charge >= 0.3 is 12.1 Å². The van der Waals surface area contributed by atoms with Gasteiger partial charge < -0.3 is 19.9 Å². The van der Waals surface area contributed by atoms with Gasteiger partial charge in [-0.3, -0.25) is 14.0 Å². The highest BCUT2D eigenvalue weighted by Gasteiger charge is 2.44. The summed E-state index contributed by atoms with van der Waals surface area (Å²) in [5.74, 6) is -2.04. The smallest absolute Gasteiger partial charge is 0.404 e. The van der Waals surface area contributed by atoms with E-state index in [1.54, 1.807) is 0 Å². The number of hydrogen-bond acceptors (Lipinski definition) is 7. The summed E-state index contributed by atoms with van der Waals surface area (Å²) in [6, 6.07) is 9.39. The van der Waals surface area contributed by atoms with Gasteiger partial charge in [0.05, 0.1) is 33.0 Å². The van der Waals surface area contributed by atoms with E-state index in [1.807, 2.05) is 0 Å². The summed E-state index contributed by atoms with van der Waals surface area (Å²) in [5, 5.41) is 11.1. The zero-order valence-electron chi connectivity index (χ0n) is 19.5. The van der Waals surface area contributed by atoms with E-state index in [-0.39, 0.29) is 40.1 Å². The minimum atomic E-state index is -4.01. The summed E-state index contributed by atoms with van der Waals surface area (Å²) in [7, 11) is -1.43. The maximum absolute atomic E-state index is 14.8. The number of rotatable bonds is 7. The van der Waals surface area contributed by atoms with Crippen LogP contribution in [0, 0.1) is 11.6 Å². The molecule has 14 heteroatoms. The zero-order chi connectivity index (χ0) is 26.9. The molecule has 0 fully saturated rings. The van der Waals surface area contributed by atoms with Gasteiger partial charge in [-0.2, -0.15) is 4.31 Å². The van der Waals surface area contributed by atoms with E-state index in [9.17, 15) is 27.5 Å². The van der Waals surface area contributed by atoms with Crippen LogP contribution in [0.25, 0.3) is 0 Å². The van der Waals surface area contributed by atoms with Crippen molar-refractivity contribution in [3.63, 3.8) is 0 Å². The number of para-hydroxylation sites is 1. The molecular weight excluding hydrogens is 514 g/mol. The summed E-state index contributed by atoms with van der Waals surface area (Å²) in [4.78, 5) is 29.8. The molecule has 1 aliphatic heterocycles. The second-order valence-electron chi connectivity index (χ2n) is 7.70. The molecule has 196 valence electrons. The van der Waals surface area contributed by atoms with Crippen LogP contribution in [-0.2, 0) is 13.1 Å². The highest BCUT2D eigenvalue weighted by atomic mass is 32.3. The number of methoxy groups -OCH3 is 2. The predicted molar refractivity (Wildman–Crippen MR) is 130 cm³/mol. The lowest BCUT2D eigenvalue weighted by Gasteiger charge is -2.49. The van der Waals surface area contributed by atoms with Crippen molar-refractivity contribution in [1.29, 1.82) is 0 Å². The minimum absolute atomic E-state index is 0.0413. The lowest BCUT2D eigenvalue weighted by molar-refractivity contribution is 0.193. The first-order chi connectivity index (χ1) is 17.6. The molecule has 0 bridgehead atoms. The average molecular weight is 537 g/mol. The van der Waals surface area contributed by atoms with Crippen molar-refractivity contribution in [3.05, 3.63) is 71.4 Å². The molecule has 0 saturated carbocycles. The molecule has 2 aromatic carbocycles. The van der Waals surface area contributed by atoms with E-state index >= 15 is 0 Å². The van der Waals surface area contributed by atoms with E-state index in [0.717, 1.165) is 17.0 Å². The first kappa shape index (κ1) is 25.9. The molecule has 1 aliphatic rings. The van der Waals surface area contributed by atoms with Gasteiger partial charge in [0.1, 0.15) is 33.7 Å². The summed E-state index contributed by atoms with van der Waals surface area (Å²) in [6.07, 6.45) is -1.34. The summed E-state index contributed by atoms with van der Waals surface area (Å²) < 4.78 is 62.6. The van der Waals surface area contributed by atoms with Crippen LogP contribution >= 0.6 is 10.8 Å². The third-order valence-electron chi connectivity index (χ3n) is 5.53. The third kappa shape index (κ3) is 4.81. The Morgan fingerprint density at radius 1 is 1.08 bits per heavy atom. The Balaban J connectivity index is 1.82. The molecule has 0 unspecified atom stereocenters. The number of nitrogens with zero attached hydrogens (tertiary/aromatic N) is 3. The maximum atomic E-state index is 14.8. The molecule has 3 amide bonds. The van der Waals surface area contributed by atoms with Crippen molar-refractivity contribution in [2.24, 2.45) is 0 Å². The van der Waals surface area contributed by atoms with Crippen LogP contribution < -0.4 is 24.0 Å². The van der Waals surface area contributed by atoms with Crippen LogP contribution in [0.4, 0.5) is 29.9 Å². The molecule has 0 aliphatic carbocycles. The van der Waals surface area contributed by atoms with Gasteiger partial charge in [-0.15, -0.1) is 0 Å². The van der Waals surface area contributed by atoms with Gasteiger partial charge in [0.2, 0.25) is 0 Å². The largest absolute Gasteiger partial charge is 0.497 e. The number of aromatic nitrogens is 1. The number of carboxylic acid groups (broad SMARTS) is 1. The highest BCUT2D eigenvalue weighted by molar-refractivity contribution is 8.26. The SMILES string of the molecule is COc1cc(F)c(CN2C(=O)N(c3ccc(OC)c(CNC(=O)O)n3)S(O)(O)c3ccccc32)c(F)c1. The number of amides is 3. The molecule has 1 aromatic heterocycles. The Kier molecular flexibility index (Phi) is 7.07. The first-order valence-electron chi connectivity index (χ1n) is 10.6. The number of benzene rings is 2. The zero-order valence-corrected chi connectivity index (χ0v) is 20.3. The molecule has 0 atom stereocenters. The van der Waals surface area contributed by atoms with Crippen LogP contribution in [0.2, 0.25) is 0 Å². The number of nitrogens with one attached hydrogen (secondary N) is 1. The van der Waals surface area contributed by atoms with Gasteiger partial charge in [0, 0.05) is 17.7 Å². The number of urea groups is 1. The quantitative estimate of drug-likeness (QED) is 0.337. The van der Waals surface area contributed by atoms with E-state index in [2.05, 4.69) is 10.3 Å². The van der Waals surface area contributed by atoms with E-state index < -0.39 is 46.6 Å². The summed E-state index contributed by atoms with van der Waals surface area (Å²) in [6.45, 7) is -0.900. The molecule has 3 aromatic rings. The number of pyridine rings is 1. The molecule has 0 saturated heterocycles. The Morgan fingerprint density at radius 2 is 1.76 bits per heavy atom. The third-order valence-corrected chi connectivity index (χ3v) is 7.32. The molecule has 4 rings (SSSR count). The lowest BCUT2D eigenvalue weighted by Crippen LogP contribution is -2.49. The van der Waals surface area contributed by atoms with Crippen molar-refractivity contribution in [1.82, 2.24) is 10.3 Å². The average Bonchev–Trinajstić information content (AvgIpc) is 2.86. The Hall–Kier alpha value is -4.14. The van der Waals surface area contributed by atoms with Crippen LogP contribution in [0.1, 0.15) is 11.3 Å². The fraction of sp³-hybridized carbons (Fsp3) is 0.174. The first-order valence-corrected chi connectivity index (χ1v) is 12.1. The van der Waals surface area contributed by atoms with Gasteiger partial charge in [-0.25, -0.2) is 23.4 Å². The van der Waals surface area contributed by atoms with Crippen molar-refractivity contribution >= 4 is 34.4 Å². The summed E-state index contributed by atoms with van der Waals surface area (Å²) in [5.41, 5.74) is -0.348. The topological polar surface area (TPSA) is 145 Å². The minimum Gasteiger partial charge on any atom is -0.497 e. The molecule has 0 radical (unpaired) electrons. The Bertz CT molecular complexity index is 1350. The highest BCUT2D eigenvalue weighted by Crippen LogP contribution is 2.60. The number of carbonyl (C=O) groups excluding carboxylic acids is 1. The van der Waals surface area contributed by atoms with Crippen molar-refractivity contribution in [2.75, 3.05) is 23.4 Å². The number of anilines is 2. The normalized spacial score (nSPS) is 15.1. The van der Waals surface area contributed by atoms with Crippen molar-refractivity contribution in [2.45, 2.75) is 18.0 Å². The van der Waals surface area contributed by atoms with Crippen LogP contribution in [0.15, 0.2) is 53.4 Å². The van der Waals surface area contributed by atoms with Gasteiger partial charge in [-0.1, -0.05) is 22.9 Å². The van der Waals surface area contributed by atoms with E-state index in [1.165, 1.54) is 50.6 Å². The monoisotopic (exact) mass is 536 g/mol. The Morgan fingerprint density at radius 3 is 2.38 bits per heavy atom. The van der Waals surface area contributed by atoms with Crippen molar-refractivity contribution in [3.8, 4) is 11.5 Å². The van der Waals surface area contributed by atoms with E-state index in [4.69, 9.17) is 14.6 Å². The Labute approximate surface area is 211 Å². The second kappa shape index (κ2) is 10.1. The molecule has 11 nitrogen and oxygen atoms in total. The number of ether oxygens (including phenoxy) is 2. The fourth-order valence-corrected chi connectivity index (χ4v) is 5.38. The van der Waals surface area contributed by atoms with Gasteiger partial charge in [0.25, 0.3) is 0 Å². The maximum Gasteiger partial charge on any atom is 0.404 e. The molecule has 37 heavy (non-hydrogen) atoms. The molecular formula is C23H22F2N4O7S. The van der Waals surface area contributed by atoms with E-state index in [0.29, 0.717) is 4.31 Å². The molecule has 4 N–H and O–H groups in total. The van der Waals surface area contributed by atoms with Gasteiger partial charge in [-0.05, 0) is 24.3 Å². The number of fused-ring (bicyclic) bond motifs is 1. The van der Waals surface area contributed by atoms with Crippen LogP contribution in [0.3, 0.4) is 0 Å². The fourth-order valence-electron chi connectivity index (χ4n) is 3.78. The number of halogens is 2. The molecule has 0 spiro atoms. The summed E-state index contributed by atoms with van der Waals surface area (Å²) >= 11 is 0. The second-order valence-corrected chi connectivity index (χ2v) is 9.54. The van der Waals surface area contributed by atoms with Crippen molar-refractivity contribution < 1.29 is 42.1 Å². The molecule has 2 heterocycles. The van der Waals surface area contributed by atoms with Crippen LogP contribution in [0.5, 0.6) is 11.5 Å². The van der Waals surface area contributed by atoms with Crippen LogP contribution in [-0.4, -0.2) is 45.5 Å². The number of carbonyl (C=O) groups is 2.